The zero-order valence-corrected chi connectivity index (χ0v) is 17.1. The number of amides is 1. The molecular formula is C19H16ClF3N2O4S. The standard InChI is InChI=1S/C19H16ClF3N2O4S/c1-28-4-5-29-9-10-6-12(20)8-13(16(10)26)17(27)25-18-24-14-3-2-11(19(21,22)23)7-15(14)30-18/h2-3,6-8,26H,4-5,9H2,1H3,(H,24,25,27). The molecule has 3 rings (SSSR count). The molecule has 2 aromatic carbocycles. The molecule has 2 N–H and O–H groups in total. The van der Waals surface area contributed by atoms with Gasteiger partial charge in [-0.3, -0.25) is 10.1 Å². The summed E-state index contributed by atoms with van der Waals surface area (Å²) < 4.78 is 49.1. The molecule has 0 saturated carbocycles. The van der Waals surface area contributed by atoms with Crippen molar-refractivity contribution in [3.63, 3.8) is 0 Å². The number of phenols is 1. The maximum Gasteiger partial charge on any atom is 0.416 e. The molecule has 1 heterocycles. The van der Waals surface area contributed by atoms with Crippen LogP contribution in [0.15, 0.2) is 30.3 Å². The molecule has 0 bridgehead atoms. The second kappa shape index (κ2) is 9.17. The number of nitrogens with one attached hydrogen (secondary N) is 1. The van der Waals surface area contributed by atoms with Crippen molar-refractivity contribution in [1.29, 1.82) is 0 Å². The van der Waals surface area contributed by atoms with E-state index in [0.717, 1.165) is 23.5 Å². The highest BCUT2D eigenvalue weighted by Crippen LogP contribution is 2.35. The Hall–Kier alpha value is -2.40. The van der Waals surface area contributed by atoms with Crippen molar-refractivity contribution in [2.75, 3.05) is 25.6 Å². The number of carbonyl (C=O) groups is 1. The summed E-state index contributed by atoms with van der Waals surface area (Å²) >= 11 is 6.93. The Balaban J connectivity index is 1.81. The summed E-state index contributed by atoms with van der Waals surface area (Å²) in [7, 11) is 1.52. The van der Waals surface area contributed by atoms with E-state index in [2.05, 4.69) is 10.3 Å². The zero-order chi connectivity index (χ0) is 21.9. The largest absolute Gasteiger partial charge is 0.507 e. The molecule has 30 heavy (non-hydrogen) atoms. The molecule has 0 spiro atoms. The van der Waals surface area contributed by atoms with Gasteiger partial charge < -0.3 is 14.6 Å². The van der Waals surface area contributed by atoms with Gasteiger partial charge in [0.15, 0.2) is 5.13 Å². The van der Waals surface area contributed by atoms with Gasteiger partial charge in [0.25, 0.3) is 5.91 Å². The van der Waals surface area contributed by atoms with Crippen molar-refractivity contribution < 1.29 is 32.5 Å². The number of thiazole rings is 1. The van der Waals surface area contributed by atoms with Gasteiger partial charge in [-0.15, -0.1) is 0 Å². The van der Waals surface area contributed by atoms with Gasteiger partial charge in [-0.2, -0.15) is 13.2 Å². The van der Waals surface area contributed by atoms with E-state index < -0.39 is 17.6 Å². The van der Waals surface area contributed by atoms with Crippen LogP contribution in [0.1, 0.15) is 21.5 Å². The van der Waals surface area contributed by atoms with E-state index in [0.29, 0.717) is 17.7 Å². The third-order valence-corrected chi connectivity index (χ3v) is 5.18. The number of halogens is 4. The number of benzene rings is 2. The molecule has 0 fully saturated rings. The number of ether oxygens (including phenoxy) is 2. The van der Waals surface area contributed by atoms with Crippen LogP contribution in [0.4, 0.5) is 18.3 Å². The molecule has 1 amide bonds. The number of hydrogen-bond donors (Lipinski definition) is 2. The summed E-state index contributed by atoms with van der Waals surface area (Å²) in [4.78, 5) is 16.7. The normalized spacial score (nSPS) is 11.8. The fourth-order valence-electron chi connectivity index (χ4n) is 2.58. The first-order valence-electron chi connectivity index (χ1n) is 8.56. The number of anilines is 1. The lowest BCUT2D eigenvalue weighted by atomic mass is 10.1. The molecular weight excluding hydrogens is 445 g/mol. The number of carbonyl (C=O) groups excluding carboxylic acids is 1. The summed E-state index contributed by atoms with van der Waals surface area (Å²) in [5.41, 5.74) is -0.293. The van der Waals surface area contributed by atoms with Gasteiger partial charge >= 0.3 is 6.18 Å². The Labute approximate surface area is 178 Å². The van der Waals surface area contributed by atoms with E-state index in [1.807, 2.05) is 0 Å². The third-order valence-electron chi connectivity index (χ3n) is 4.02. The van der Waals surface area contributed by atoms with Gasteiger partial charge in [0.05, 0.1) is 41.2 Å². The van der Waals surface area contributed by atoms with Crippen LogP contribution in [0.2, 0.25) is 5.02 Å². The van der Waals surface area contributed by atoms with Gasteiger partial charge in [-0.1, -0.05) is 22.9 Å². The number of aromatic nitrogens is 1. The number of alkyl halides is 3. The second-order valence-electron chi connectivity index (χ2n) is 6.16. The van der Waals surface area contributed by atoms with E-state index in [1.165, 1.54) is 25.3 Å². The van der Waals surface area contributed by atoms with E-state index in [-0.39, 0.29) is 39.4 Å². The highest BCUT2D eigenvalue weighted by molar-refractivity contribution is 7.22. The topological polar surface area (TPSA) is 80.7 Å². The van der Waals surface area contributed by atoms with Gasteiger partial charge in [0, 0.05) is 17.7 Å². The highest BCUT2D eigenvalue weighted by Gasteiger charge is 2.30. The number of rotatable bonds is 7. The first kappa shape index (κ1) is 22.3. The molecule has 1 aromatic heterocycles. The Morgan fingerprint density at radius 1 is 1.27 bits per heavy atom. The van der Waals surface area contributed by atoms with Crippen molar-refractivity contribution in [3.05, 3.63) is 52.0 Å². The quantitative estimate of drug-likeness (QED) is 0.480. The maximum atomic E-state index is 12.9. The molecule has 0 aliphatic heterocycles. The zero-order valence-electron chi connectivity index (χ0n) is 15.5. The minimum absolute atomic E-state index is 0.0113. The first-order valence-corrected chi connectivity index (χ1v) is 9.75. The lowest BCUT2D eigenvalue weighted by Crippen LogP contribution is -2.13. The van der Waals surface area contributed by atoms with Crippen LogP contribution in [0.3, 0.4) is 0 Å². The summed E-state index contributed by atoms with van der Waals surface area (Å²) in [5, 5.41) is 13.2. The monoisotopic (exact) mass is 460 g/mol. The molecule has 11 heteroatoms. The average Bonchev–Trinajstić information content (AvgIpc) is 3.08. The van der Waals surface area contributed by atoms with Gasteiger partial charge in [0.1, 0.15) is 5.75 Å². The SMILES string of the molecule is COCCOCc1cc(Cl)cc(C(=O)Nc2nc3ccc(C(F)(F)F)cc3s2)c1O. The summed E-state index contributed by atoms with van der Waals surface area (Å²) in [6, 6.07) is 5.87. The number of methoxy groups -OCH3 is 1. The smallest absolute Gasteiger partial charge is 0.416 e. The summed E-state index contributed by atoms with van der Waals surface area (Å²) in [5.74, 6) is -1.02. The number of hydrogen-bond acceptors (Lipinski definition) is 6. The van der Waals surface area contributed by atoms with Crippen molar-refractivity contribution in [2.24, 2.45) is 0 Å². The Morgan fingerprint density at radius 2 is 2.03 bits per heavy atom. The van der Waals surface area contributed by atoms with Gasteiger partial charge in [-0.25, -0.2) is 4.98 Å². The molecule has 0 atom stereocenters. The van der Waals surface area contributed by atoms with Crippen molar-refractivity contribution in [2.45, 2.75) is 12.8 Å². The predicted octanol–water partition coefficient (Wildman–Crippen LogP) is 5.09. The Bertz CT molecular complexity index is 1070. The lowest BCUT2D eigenvalue weighted by Gasteiger charge is -2.11. The highest BCUT2D eigenvalue weighted by atomic mass is 35.5. The van der Waals surface area contributed by atoms with Crippen LogP contribution < -0.4 is 5.32 Å². The van der Waals surface area contributed by atoms with Gasteiger partial charge in [0.2, 0.25) is 0 Å². The summed E-state index contributed by atoms with van der Waals surface area (Å²) in [6.45, 7) is 0.662. The van der Waals surface area contributed by atoms with Crippen LogP contribution in [-0.4, -0.2) is 36.3 Å². The molecule has 0 aliphatic rings. The van der Waals surface area contributed by atoms with E-state index >= 15 is 0 Å². The molecule has 0 aliphatic carbocycles. The fraction of sp³-hybridized carbons (Fsp3) is 0.263. The Morgan fingerprint density at radius 3 is 2.73 bits per heavy atom. The molecule has 3 aromatic rings. The molecule has 0 saturated heterocycles. The fourth-order valence-corrected chi connectivity index (χ4v) is 3.72. The number of nitrogens with zero attached hydrogens (tertiary/aromatic N) is 1. The van der Waals surface area contributed by atoms with Gasteiger partial charge in [-0.05, 0) is 30.3 Å². The van der Waals surface area contributed by atoms with E-state index in [9.17, 15) is 23.1 Å². The predicted molar refractivity (Wildman–Crippen MR) is 107 cm³/mol. The minimum Gasteiger partial charge on any atom is -0.507 e. The third kappa shape index (κ3) is 5.20. The Kier molecular flexibility index (Phi) is 6.81. The second-order valence-corrected chi connectivity index (χ2v) is 7.63. The lowest BCUT2D eigenvalue weighted by molar-refractivity contribution is -0.137. The molecule has 160 valence electrons. The van der Waals surface area contributed by atoms with Crippen molar-refractivity contribution in [3.8, 4) is 5.75 Å². The van der Waals surface area contributed by atoms with E-state index in [4.69, 9.17) is 21.1 Å². The van der Waals surface area contributed by atoms with Crippen LogP contribution in [0, 0.1) is 0 Å². The van der Waals surface area contributed by atoms with Crippen molar-refractivity contribution in [1.82, 2.24) is 4.98 Å². The summed E-state index contributed by atoms with van der Waals surface area (Å²) in [6.07, 6.45) is -4.48. The number of phenolic OH excluding ortho intramolecular Hbond substituents is 1. The molecule has 0 unspecified atom stereocenters. The van der Waals surface area contributed by atoms with Crippen molar-refractivity contribution >= 4 is 44.2 Å². The number of aromatic hydroxyl groups is 1. The first-order chi connectivity index (χ1) is 14.2. The van der Waals surface area contributed by atoms with Crippen LogP contribution in [-0.2, 0) is 22.3 Å². The average molecular weight is 461 g/mol. The number of fused-ring (bicyclic) bond motifs is 1. The molecule has 6 nitrogen and oxygen atoms in total. The van der Waals surface area contributed by atoms with Crippen LogP contribution in [0.5, 0.6) is 5.75 Å². The van der Waals surface area contributed by atoms with Crippen LogP contribution >= 0.6 is 22.9 Å². The minimum atomic E-state index is -4.48. The van der Waals surface area contributed by atoms with E-state index in [1.54, 1.807) is 0 Å². The molecule has 0 radical (unpaired) electrons. The maximum absolute atomic E-state index is 12.9. The van der Waals surface area contributed by atoms with Crippen LogP contribution in [0.25, 0.3) is 10.2 Å².